The lowest BCUT2D eigenvalue weighted by Gasteiger charge is -2.07. The van der Waals surface area contributed by atoms with E-state index < -0.39 is 0 Å². The number of hydrogen-bond acceptors (Lipinski definition) is 2. The fraction of sp³-hybridized carbons (Fsp3) is 0.182. The second kappa shape index (κ2) is 5.31. The van der Waals surface area contributed by atoms with Crippen molar-refractivity contribution in [3.05, 3.63) is 42.0 Å². The predicted octanol–water partition coefficient (Wildman–Crippen LogP) is 2.73. The minimum Gasteiger partial charge on any atom is -0.488 e. The van der Waals surface area contributed by atoms with E-state index in [9.17, 15) is 0 Å². The molecule has 2 nitrogen and oxygen atoms in total. The van der Waals surface area contributed by atoms with Gasteiger partial charge in [-0.25, -0.2) is 0 Å². The number of hydrogen-bond donors (Lipinski definition) is 0. The Morgan fingerprint density at radius 3 is 2.86 bits per heavy atom. The van der Waals surface area contributed by atoms with Gasteiger partial charge in [0.15, 0.2) is 0 Å². The third-order valence-corrected chi connectivity index (χ3v) is 2.01. The molecular formula is C11H10ClNO. The first-order valence-corrected chi connectivity index (χ1v) is 4.66. The lowest BCUT2D eigenvalue weighted by atomic mass is 10.2. The molecule has 1 aromatic carbocycles. The fourth-order valence-corrected chi connectivity index (χ4v) is 0.980. The molecule has 0 aliphatic carbocycles. The van der Waals surface area contributed by atoms with E-state index in [1.54, 1.807) is 18.2 Å². The predicted molar refractivity (Wildman–Crippen MR) is 56.5 cm³/mol. The molecule has 0 amide bonds. The van der Waals surface area contributed by atoms with Crippen LogP contribution in [-0.2, 0) is 0 Å². The third kappa shape index (κ3) is 2.79. The molecule has 0 saturated carbocycles. The molecule has 0 bridgehead atoms. The minimum atomic E-state index is 0.349. The van der Waals surface area contributed by atoms with Gasteiger partial charge < -0.3 is 4.74 Å². The summed E-state index contributed by atoms with van der Waals surface area (Å²) in [4.78, 5) is 0. The molecular weight excluding hydrogens is 198 g/mol. The largest absolute Gasteiger partial charge is 0.488 e. The zero-order valence-electron chi connectivity index (χ0n) is 7.66. The van der Waals surface area contributed by atoms with E-state index in [4.69, 9.17) is 21.6 Å². The van der Waals surface area contributed by atoms with E-state index in [1.165, 1.54) is 0 Å². The summed E-state index contributed by atoms with van der Waals surface area (Å²) >= 11 is 5.55. The van der Waals surface area contributed by atoms with E-state index >= 15 is 0 Å². The molecule has 14 heavy (non-hydrogen) atoms. The molecule has 0 aliphatic rings. The number of nitriles is 1. The maximum atomic E-state index is 8.76. The molecule has 3 heteroatoms. The Kier molecular flexibility index (Phi) is 4.03. The average Bonchev–Trinajstić information content (AvgIpc) is 2.26. The quantitative estimate of drug-likeness (QED) is 0.562. The number of benzene rings is 1. The number of para-hydroxylation sites is 1. The summed E-state index contributed by atoms with van der Waals surface area (Å²) in [7, 11) is 0. The van der Waals surface area contributed by atoms with Crippen LogP contribution in [0.3, 0.4) is 0 Å². The molecule has 0 heterocycles. The highest BCUT2D eigenvalue weighted by Gasteiger charge is 2.01. The van der Waals surface area contributed by atoms with Gasteiger partial charge in [-0.15, -0.1) is 11.6 Å². The molecule has 1 aromatic rings. The Morgan fingerprint density at radius 2 is 2.21 bits per heavy atom. The van der Waals surface area contributed by atoms with Gasteiger partial charge in [0.2, 0.25) is 0 Å². The summed E-state index contributed by atoms with van der Waals surface area (Å²) in [5.41, 5.74) is 1.31. The molecule has 0 spiro atoms. The zero-order valence-corrected chi connectivity index (χ0v) is 8.42. The summed E-state index contributed by atoms with van der Waals surface area (Å²) in [5.74, 6) is 0.940. The maximum Gasteiger partial charge on any atom is 0.137 e. The number of alkyl halides is 1. The zero-order chi connectivity index (χ0) is 10.4. The molecule has 0 radical (unpaired) electrons. The van der Waals surface area contributed by atoms with Gasteiger partial charge in [-0.3, -0.25) is 0 Å². The van der Waals surface area contributed by atoms with Crippen LogP contribution in [-0.4, -0.2) is 12.5 Å². The molecule has 72 valence electrons. The Labute approximate surface area is 88.4 Å². The standard InChI is InChI=1S/C11H10ClNO/c1-9(6-12)8-14-11-5-3-2-4-10(11)7-13/h2-5H,1,6,8H2. The van der Waals surface area contributed by atoms with Crippen LogP contribution in [0.25, 0.3) is 0 Å². The second-order valence-electron chi connectivity index (χ2n) is 2.78. The van der Waals surface area contributed by atoms with Gasteiger partial charge in [0.1, 0.15) is 18.4 Å². The molecule has 0 aliphatic heterocycles. The van der Waals surface area contributed by atoms with Gasteiger partial charge in [-0.05, 0) is 17.7 Å². The molecule has 1 rings (SSSR count). The summed E-state index contributed by atoms with van der Waals surface area (Å²) in [6, 6.07) is 9.12. The number of rotatable bonds is 4. The summed E-state index contributed by atoms with van der Waals surface area (Å²) < 4.78 is 5.37. The number of ether oxygens (including phenoxy) is 1. The van der Waals surface area contributed by atoms with Crippen LogP contribution in [0.5, 0.6) is 5.75 Å². The van der Waals surface area contributed by atoms with Crippen LogP contribution in [0.1, 0.15) is 5.56 Å². The second-order valence-corrected chi connectivity index (χ2v) is 3.05. The Balaban J connectivity index is 2.68. The van der Waals surface area contributed by atoms with E-state index in [0.29, 0.717) is 23.8 Å². The Hall–Kier alpha value is -1.46. The van der Waals surface area contributed by atoms with E-state index in [1.807, 2.05) is 12.1 Å². The van der Waals surface area contributed by atoms with Gasteiger partial charge in [0.05, 0.1) is 5.56 Å². The lowest BCUT2D eigenvalue weighted by Crippen LogP contribution is -2.02. The van der Waals surface area contributed by atoms with E-state index in [0.717, 1.165) is 5.57 Å². The third-order valence-electron chi connectivity index (χ3n) is 1.63. The van der Waals surface area contributed by atoms with Gasteiger partial charge in [0.25, 0.3) is 0 Å². The van der Waals surface area contributed by atoms with Crippen LogP contribution in [0.15, 0.2) is 36.4 Å². The maximum absolute atomic E-state index is 8.76. The van der Waals surface area contributed by atoms with Crippen LogP contribution < -0.4 is 4.74 Å². The van der Waals surface area contributed by atoms with Crippen molar-refractivity contribution >= 4 is 11.6 Å². The molecule has 0 atom stereocenters. The molecule has 0 saturated heterocycles. The molecule has 0 aromatic heterocycles. The van der Waals surface area contributed by atoms with Gasteiger partial charge in [0, 0.05) is 5.88 Å². The molecule has 0 N–H and O–H groups in total. The monoisotopic (exact) mass is 207 g/mol. The summed E-state index contributed by atoms with van der Waals surface area (Å²) in [6.45, 7) is 4.05. The highest BCUT2D eigenvalue weighted by atomic mass is 35.5. The van der Waals surface area contributed by atoms with Gasteiger partial charge >= 0.3 is 0 Å². The molecule has 0 fully saturated rings. The number of halogens is 1. The average molecular weight is 208 g/mol. The van der Waals surface area contributed by atoms with Crippen molar-refractivity contribution < 1.29 is 4.74 Å². The van der Waals surface area contributed by atoms with Crippen molar-refractivity contribution in [1.29, 1.82) is 5.26 Å². The fourth-order valence-electron chi connectivity index (χ4n) is 0.903. The van der Waals surface area contributed by atoms with Crippen LogP contribution in [0, 0.1) is 11.3 Å². The van der Waals surface area contributed by atoms with Crippen molar-refractivity contribution in [3.8, 4) is 11.8 Å². The Morgan fingerprint density at radius 1 is 1.50 bits per heavy atom. The SMILES string of the molecule is C=C(CCl)COc1ccccc1C#N. The van der Waals surface area contributed by atoms with Crippen molar-refractivity contribution in [2.75, 3.05) is 12.5 Å². The summed E-state index contributed by atoms with van der Waals surface area (Å²) in [6.07, 6.45) is 0. The minimum absolute atomic E-state index is 0.349. The van der Waals surface area contributed by atoms with Crippen molar-refractivity contribution in [2.45, 2.75) is 0 Å². The van der Waals surface area contributed by atoms with Gasteiger partial charge in [-0.2, -0.15) is 5.26 Å². The van der Waals surface area contributed by atoms with Crippen molar-refractivity contribution in [3.63, 3.8) is 0 Å². The Bertz CT molecular complexity index is 368. The van der Waals surface area contributed by atoms with Crippen LogP contribution in [0.4, 0.5) is 0 Å². The van der Waals surface area contributed by atoms with E-state index in [-0.39, 0.29) is 0 Å². The first kappa shape index (κ1) is 10.6. The topological polar surface area (TPSA) is 33.0 Å². The normalized spacial score (nSPS) is 9.14. The first-order valence-electron chi connectivity index (χ1n) is 4.12. The number of nitrogens with zero attached hydrogens (tertiary/aromatic N) is 1. The highest BCUT2D eigenvalue weighted by Crippen LogP contribution is 2.17. The van der Waals surface area contributed by atoms with E-state index in [2.05, 4.69) is 6.58 Å². The van der Waals surface area contributed by atoms with Crippen molar-refractivity contribution in [1.82, 2.24) is 0 Å². The lowest BCUT2D eigenvalue weighted by molar-refractivity contribution is 0.352. The molecule has 0 unspecified atom stereocenters. The smallest absolute Gasteiger partial charge is 0.137 e. The van der Waals surface area contributed by atoms with Gasteiger partial charge in [-0.1, -0.05) is 18.7 Å². The van der Waals surface area contributed by atoms with Crippen molar-refractivity contribution in [2.24, 2.45) is 0 Å². The first-order chi connectivity index (χ1) is 6.77. The highest BCUT2D eigenvalue weighted by molar-refractivity contribution is 6.19. The van der Waals surface area contributed by atoms with Crippen LogP contribution in [0.2, 0.25) is 0 Å². The summed E-state index contributed by atoms with van der Waals surface area (Å²) in [5, 5.41) is 8.76. The van der Waals surface area contributed by atoms with Crippen LogP contribution >= 0.6 is 11.6 Å².